The quantitative estimate of drug-likeness (QED) is 0.822. The molecule has 2 aromatic rings. The molecule has 1 aromatic carbocycles. The summed E-state index contributed by atoms with van der Waals surface area (Å²) in [6, 6.07) is 8.55. The van der Waals surface area contributed by atoms with Gasteiger partial charge in [0.15, 0.2) is 0 Å². The van der Waals surface area contributed by atoms with Gasteiger partial charge in [-0.1, -0.05) is 31.2 Å². The summed E-state index contributed by atoms with van der Waals surface area (Å²) in [5.41, 5.74) is 2.56. The molecule has 0 aliphatic heterocycles. The molecule has 3 nitrogen and oxygen atoms in total. The number of hydrogen-bond donors (Lipinski definition) is 2. The minimum absolute atomic E-state index is 0.154. The molecule has 2 rings (SSSR count). The van der Waals surface area contributed by atoms with E-state index in [9.17, 15) is 0 Å². The number of aromatic nitrogens is 2. The molecular formula is C13H17N3. The molecule has 3 heteroatoms. The van der Waals surface area contributed by atoms with Gasteiger partial charge in [0.2, 0.25) is 0 Å². The average molecular weight is 215 g/mol. The lowest BCUT2D eigenvalue weighted by Crippen LogP contribution is -2.23. The van der Waals surface area contributed by atoms with E-state index in [2.05, 4.69) is 53.4 Å². The zero-order chi connectivity index (χ0) is 11.4. The van der Waals surface area contributed by atoms with Crippen LogP contribution in [0.5, 0.6) is 0 Å². The summed E-state index contributed by atoms with van der Waals surface area (Å²) in [4.78, 5) is 7.51. The molecular weight excluding hydrogens is 198 g/mol. The summed E-state index contributed by atoms with van der Waals surface area (Å²) in [6.45, 7) is 5.15. The lowest BCUT2D eigenvalue weighted by Gasteiger charge is -2.18. The number of benzene rings is 1. The highest BCUT2D eigenvalue weighted by atomic mass is 15.0. The SMILES string of the molecule is CCNC(c1ncc[nH]1)c1ccccc1C. The van der Waals surface area contributed by atoms with Crippen LogP contribution in [0.3, 0.4) is 0 Å². The number of aromatic amines is 1. The van der Waals surface area contributed by atoms with Crippen LogP contribution in [0.2, 0.25) is 0 Å². The van der Waals surface area contributed by atoms with E-state index in [-0.39, 0.29) is 6.04 Å². The van der Waals surface area contributed by atoms with Crippen molar-refractivity contribution in [2.75, 3.05) is 6.54 Å². The number of rotatable bonds is 4. The third kappa shape index (κ3) is 2.14. The molecule has 1 unspecified atom stereocenters. The first kappa shape index (κ1) is 10.9. The summed E-state index contributed by atoms with van der Waals surface area (Å²) in [6.07, 6.45) is 3.65. The number of aryl methyl sites for hydroxylation is 1. The van der Waals surface area contributed by atoms with Gasteiger partial charge in [0.25, 0.3) is 0 Å². The van der Waals surface area contributed by atoms with Crippen LogP contribution in [0.1, 0.15) is 29.9 Å². The Kier molecular flexibility index (Phi) is 3.37. The molecule has 84 valence electrons. The molecule has 0 aliphatic carbocycles. The molecule has 0 radical (unpaired) electrons. The van der Waals surface area contributed by atoms with Gasteiger partial charge in [-0.25, -0.2) is 4.98 Å². The van der Waals surface area contributed by atoms with Crippen molar-refractivity contribution in [2.45, 2.75) is 19.9 Å². The van der Waals surface area contributed by atoms with Gasteiger partial charge >= 0.3 is 0 Å². The van der Waals surface area contributed by atoms with Gasteiger partial charge in [0, 0.05) is 12.4 Å². The second-order valence-electron chi connectivity index (χ2n) is 3.82. The molecule has 0 aliphatic rings. The van der Waals surface area contributed by atoms with Crippen LogP contribution in [0, 0.1) is 6.92 Å². The van der Waals surface area contributed by atoms with Crippen molar-refractivity contribution in [3.05, 3.63) is 53.6 Å². The zero-order valence-corrected chi connectivity index (χ0v) is 9.70. The minimum atomic E-state index is 0.154. The molecule has 0 saturated heterocycles. The highest BCUT2D eigenvalue weighted by Gasteiger charge is 2.16. The Labute approximate surface area is 95.9 Å². The molecule has 16 heavy (non-hydrogen) atoms. The van der Waals surface area contributed by atoms with E-state index in [1.54, 1.807) is 6.20 Å². The Hall–Kier alpha value is -1.61. The van der Waals surface area contributed by atoms with Crippen molar-refractivity contribution in [3.8, 4) is 0 Å². The molecule has 2 N–H and O–H groups in total. The van der Waals surface area contributed by atoms with Crippen LogP contribution in [-0.4, -0.2) is 16.5 Å². The Bertz CT molecular complexity index is 434. The Morgan fingerprint density at radius 1 is 1.38 bits per heavy atom. The first-order valence-electron chi connectivity index (χ1n) is 5.61. The van der Waals surface area contributed by atoms with E-state index >= 15 is 0 Å². The third-order valence-electron chi connectivity index (χ3n) is 2.70. The van der Waals surface area contributed by atoms with Gasteiger partial charge in [-0.2, -0.15) is 0 Å². The largest absolute Gasteiger partial charge is 0.347 e. The van der Waals surface area contributed by atoms with Crippen LogP contribution in [-0.2, 0) is 0 Å². The Balaban J connectivity index is 2.37. The fourth-order valence-corrected chi connectivity index (χ4v) is 1.90. The fraction of sp³-hybridized carbons (Fsp3) is 0.308. The van der Waals surface area contributed by atoms with Crippen LogP contribution in [0.15, 0.2) is 36.7 Å². The lowest BCUT2D eigenvalue weighted by molar-refractivity contribution is 0.601. The van der Waals surface area contributed by atoms with E-state index in [0.29, 0.717) is 0 Å². The number of imidazole rings is 1. The average Bonchev–Trinajstić information content (AvgIpc) is 2.80. The van der Waals surface area contributed by atoms with Crippen LogP contribution < -0.4 is 5.32 Å². The van der Waals surface area contributed by atoms with Gasteiger partial charge in [-0.3, -0.25) is 0 Å². The van der Waals surface area contributed by atoms with Crippen molar-refractivity contribution < 1.29 is 0 Å². The maximum absolute atomic E-state index is 4.33. The minimum Gasteiger partial charge on any atom is -0.347 e. The molecule has 0 saturated carbocycles. The predicted molar refractivity (Wildman–Crippen MR) is 65.3 cm³/mol. The van der Waals surface area contributed by atoms with Crippen molar-refractivity contribution in [2.24, 2.45) is 0 Å². The van der Waals surface area contributed by atoms with Gasteiger partial charge in [-0.15, -0.1) is 0 Å². The predicted octanol–water partition coefficient (Wildman–Crippen LogP) is 2.42. The molecule has 1 heterocycles. The number of nitrogens with zero attached hydrogens (tertiary/aromatic N) is 1. The van der Waals surface area contributed by atoms with E-state index in [1.807, 2.05) is 6.20 Å². The maximum Gasteiger partial charge on any atom is 0.127 e. The Morgan fingerprint density at radius 2 is 2.19 bits per heavy atom. The van der Waals surface area contributed by atoms with Gasteiger partial charge in [-0.05, 0) is 24.6 Å². The monoisotopic (exact) mass is 215 g/mol. The second kappa shape index (κ2) is 4.94. The fourth-order valence-electron chi connectivity index (χ4n) is 1.90. The Morgan fingerprint density at radius 3 is 2.81 bits per heavy atom. The zero-order valence-electron chi connectivity index (χ0n) is 9.70. The normalized spacial score (nSPS) is 12.6. The summed E-state index contributed by atoms with van der Waals surface area (Å²) in [5.74, 6) is 0.969. The summed E-state index contributed by atoms with van der Waals surface area (Å²) in [7, 11) is 0. The van der Waals surface area contributed by atoms with E-state index < -0.39 is 0 Å². The lowest BCUT2D eigenvalue weighted by atomic mass is 10.0. The molecule has 0 fully saturated rings. The van der Waals surface area contributed by atoms with Crippen LogP contribution >= 0.6 is 0 Å². The van der Waals surface area contributed by atoms with Crippen molar-refractivity contribution in [3.63, 3.8) is 0 Å². The van der Waals surface area contributed by atoms with Gasteiger partial charge in [0.05, 0.1) is 6.04 Å². The van der Waals surface area contributed by atoms with E-state index in [0.717, 1.165) is 12.4 Å². The molecule has 0 spiro atoms. The standard InChI is InChI=1S/C13H17N3/c1-3-14-12(13-15-8-9-16-13)11-7-5-4-6-10(11)2/h4-9,12,14H,3H2,1-2H3,(H,15,16). The summed E-state index contributed by atoms with van der Waals surface area (Å²) >= 11 is 0. The molecule has 1 atom stereocenters. The third-order valence-corrected chi connectivity index (χ3v) is 2.70. The van der Waals surface area contributed by atoms with Crippen molar-refractivity contribution in [1.29, 1.82) is 0 Å². The second-order valence-corrected chi connectivity index (χ2v) is 3.82. The molecule has 0 bridgehead atoms. The number of H-pyrrole nitrogens is 1. The topological polar surface area (TPSA) is 40.7 Å². The van der Waals surface area contributed by atoms with E-state index in [4.69, 9.17) is 0 Å². The molecule has 1 aromatic heterocycles. The molecule has 0 amide bonds. The van der Waals surface area contributed by atoms with Crippen molar-refractivity contribution in [1.82, 2.24) is 15.3 Å². The van der Waals surface area contributed by atoms with Crippen molar-refractivity contribution >= 4 is 0 Å². The summed E-state index contributed by atoms with van der Waals surface area (Å²) in [5, 5.41) is 3.45. The first-order chi connectivity index (χ1) is 7.83. The first-order valence-corrected chi connectivity index (χ1v) is 5.61. The highest BCUT2D eigenvalue weighted by molar-refractivity contribution is 5.32. The number of hydrogen-bond acceptors (Lipinski definition) is 2. The van der Waals surface area contributed by atoms with Crippen LogP contribution in [0.4, 0.5) is 0 Å². The van der Waals surface area contributed by atoms with Gasteiger partial charge in [0.1, 0.15) is 5.82 Å². The smallest absolute Gasteiger partial charge is 0.127 e. The van der Waals surface area contributed by atoms with E-state index in [1.165, 1.54) is 11.1 Å². The van der Waals surface area contributed by atoms with Crippen LogP contribution in [0.25, 0.3) is 0 Å². The van der Waals surface area contributed by atoms with Gasteiger partial charge < -0.3 is 10.3 Å². The highest BCUT2D eigenvalue weighted by Crippen LogP contribution is 2.21. The summed E-state index contributed by atoms with van der Waals surface area (Å²) < 4.78 is 0. The maximum atomic E-state index is 4.33. The number of nitrogens with one attached hydrogen (secondary N) is 2.